The smallest absolute Gasteiger partial charge is 0.344 e. The molecular formula is C28H39N5O3. The van der Waals surface area contributed by atoms with Crippen LogP contribution in [0.1, 0.15) is 75.8 Å². The molecule has 1 saturated carbocycles. The Labute approximate surface area is 214 Å². The highest BCUT2D eigenvalue weighted by molar-refractivity contribution is 5.88. The normalized spacial score (nSPS) is 20.6. The number of carbonyl (C=O) groups is 2. The van der Waals surface area contributed by atoms with Gasteiger partial charge in [-0.25, -0.2) is 4.79 Å². The van der Waals surface area contributed by atoms with Crippen LogP contribution in [0.5, 0.6) is 5.75 Å². The van der Waals surface area contributed by atoms with E-state index >= 15 is 0 Å². The van der Waals surface area contributed by atoms with E-state index in [1.807, 2.05) is 4.90 Å². The fraction of sp³-hybridized carbons (Fsp3) is 0.607. The molecule has 1 aliphatic carbocycles. The average Bonchev–Trinajstić information content (AvgIpc) is 3.48. The largest absolute Gasteiger partial charge is 0.490 e. The van der Waals surface area contributed by atoms with Gasteiger partial charge in [0, 0.05) is 49.9 Å². The minimum Gasteiger partial charge on any atom is -0.490 e. The molecule has 5 rings (SSSR count). The van der Waals surface area contributed by atoms with E-state index in [4.69, 9.17) is 4.74 Å². The molecule has 3 heterocycles. The Hall–Kier alpha value is -2.87. The summed E-state index contributed by atoms with van der Waals surface area (Å²) < 4.78 is 7.89. The molecule has 36 heavy (non-hydrogen) atoms. The Balaban J connectivity index is 1.23. The summed E-state index contributed by atoms with van der Waals surface area (Å²) in [6, 6.07) is 8.19. The van der Waals surface area contributed by atoms with Crippen LogP contribution in [0.25, 0.3) is 0 Å². The zero-order chi connectivity index (χ0) is 25.1. The predicted octanol–water partition coefficient (Wildman–Crippen LogP) is 4.96. The molecule has 3 fully saturated rings. The number of nitrogens with zero attached hydrogens (tertiary/aromatic N) is 4. The first-order valence-corrected chi connectivity index (χ1v) is 13.6. The molecule has 3 aliphatic rings. The predicted molar refractivity (Wildman–Crippen MR) is 139 cm³/mol. The third-order valence-corrected chi connectivity index (χ3v) is 8.22. The number of hydrogen-bond acceptors (Lipinski definition) is 5. The van der Waals surface area contributed by atoms with Crippen molar-refractivity contribution < 1.29 is 14.3 Å². The number of aryl methyl sites for hydroxylation is 1. The van der Waals surface area contributed by atoms with Crippen LogP contribution in [-0.2, 0) is 11.3 Å². The molecule has 2 amide bonds. The molecule has 0 bridgehead atoms. The summed E-state index contributed by atoms with van der Waals surface area (Å²) >= 11 is 0. The van der Waals surface area contributed by atoms with Gasteiger partial charge in [-0.3, -0.25) is 9.69 Å². The number of piperidine rings is 1. The number of carbonyl (C=O) groups excluding carboxylic acids is 2. The van der Waals surface area contributed by atoms with Crippen LogP contribution in [0, 0.1) is 6.92 Å². The fourth-order valence-electron chi connectivity index (χ4n) is 6.21. The Morgan fingerprint density at radius 2 is 1.83 bits per heavy atom. The maximum atomic E-state index is 13.0. The van der Waals surface area contributed by atoms with Gasteiger partial charge in [0.05, 0.1) is 6.10 Å². The number of amides is 2. The van der Waals surface area contributed by atoms with Gasteiger partial charge in [-0.2, -0.15) is 4.68 Å². The molecule has 0 unspecified atom stereocenters. The summed E-state index contributed by atoms with van der Waals surface area (Å²) in [5.41, 5.74) is 2.66. The van der Waals surface area contributed by atoms with E-state index in [2.05, 4.69) is 40.4 Å². The van der Waals surface area contributed by atoms with Gasteiger partial charge in [0.2, 0.25) is 5.91 Å². The third-order valence-electron chi connectivity index (χ3n) is 8.22. The molecule has 1 aromatic heterocycles. The highest BCUT2D eigenvalue weighted by Crippen LogP contribution is 2.40. The zero-order valence-electron chi connectivity index (χ0n) is 21.7. The van der Waals surface area contributed by atoms with Crippen molar-refractivity contribution in [1.29, 1.82) is 0 Å². The maximum Gasteiger partial charge on any atom is 0.344 e. The van der Waals surface area contributed by atoms with Crippen LogP contribution >= 0.6 is 0 Å². The van der Waals surface area contributed by atoms with E-state index in [1.54, 1.807) is 12.3 Å². The van der Waals surface area contributed by atoms with Crippen molar-refractivity contribution >= 4 is 17.8 Å². The SMILES string of the molecule is CC(=O)Nc1ccn(C(=O)N2CCC3(CCCN3Cc3ccc(C)cc3OC3CCCCC3)CC2)n1. The Morgan fingerprint density at radius 1 is 1.06 bits per heavy atom. The van der Waals surface area contributed by atoms with E-state index in [0.717, 1.165) is 44.5 Å². The van der Waals surface area contributed by atoms with E-state index in [1.165, 1.54) is 54.8 Å². The van der Waals surface area contributed by atoms with Crippen molar-refractivity contribution in [2.45, 2.75) is 89.8 Å². The molecule has 194 valence electrons. The van der Waals surface area contributed by atoms with Gasteiger partial charge >= 0.3 is 6.03 Å². The van der Waals surface area contributed by atoms with Gasteiger partial charge in [-0.05, 0) is 76.5 Å². The lowest BCUT2D eigenvalue weighted by Gasteiger charge is -2.45. The monoisotopic (exact) mass is 493 g/mol. The molecule has 2 aliphatic heterocycles. The molecule has 2 aromatic rings. The van der Waals surface area contributed by atoms with Gasteiger partial charge in [0.1, 0.15) is 5.75 Å². The van der Waals surface area contributed by atoms with Crippen molar-refractivity contribution in [2.75, 3.05) is 25.0 Å². The van der Waals surface area contributed by atoms with Crippen LogP contribution in [0.2, 0.25) is 0 Å². The molecule has 8 heteroatoms. The zero-order valence-corrected chi connectivity index (χ0v) is 21.7. The van der Waals surface area contributed by atoms with E-state index < -0.39 is 0 Å². The van der Waals surface area contributed by atoms with Gasteiger partial charge in [0.15, 0.2) is 5.82 Å². The second-order valence-corrected chi connectivity index (χ2v) is 10.8. The Bertz CT molecular complexity index is 1080. The lowest BCUT2D eigenvalue weighted by atomic mass is 9.84. The molecular weight excluding hydrogens is 454 g/mol. The topological polar surface area (TPSA) is 79.7 Å². The highest BCUT2D eigenvalue weighted by Gasteiger charge is 2.44. The number of aromatic nitrogens is 2. The number of nitrogens with one attached hydrogen (secondary N) is 1. The quantitative estimate of drug-likeness (QED) is 0.637. The third kappa shape index (κ3) is 5.43. The second-order valence-electron chi connectivity index (χ2n) is 10.8. The summed E-state index contributed by atoms with van der Waals surface area (Å²) in [5.74, 6) is 1.26. The van der Waals surface area contributed by atoms with E-state index in [-0.39, 0.29) is 17.5 Å². The van der Waals surface area contributed by atoms with Crippen molar-refractivity contribution in [3.05, 3.63) is 41.6 Å². The number of ether oxygens (including phenoxy) is 1. The molecule has 8 nitrogen and oxygen atoms in total. The number of benzene rings is 1. The second kappa shape index (κ2) is 10.6. The average molecular weight is 494 g/mol. The first-order valence-electron chi connectivity index (χ1n) is 13.6. The van der Waals surface area contributed by atoms with E-state index in [0.29, 0.717) is 25.0 Å². The summed E-state index contributed by atoms with van der Waals surface area (Å²) in [4.78, 5) is 28.8. The first kappa shape index (κ1) is 24.8. The first-order chi connectivity index (χ1) is 17.4. The Morgan fingerprint density at radius 3 is 2.58 bits per heavy atom. The number of likely N-dealkylation sites (tertiary alicyclic amines) is 2. The van der Waals surface area contributed by atoms with Crippen LogP contribution in [0.4, 0.5) is 10.6 Å². The maximum absolute atomic E-state index is 13.0. The summed E-state index contributed by atoms with van der Waals surface area (Å²) in [6.07, 6.45) is 12.4. The van der Waals surface area contributed by atoms with Crippen LogP contribution in [0.3, 0.4) is 0 Å². The Kier molecular flexibility index (Phi) is 7.32. The van der Waals surface area contributed by atoms with Crippen molar-refractivity contribution in [2.24, 2.45) is 0 Å². The minimum absolute atomic E-state index is 0.132. The molecule has 0 atom stereocenters. The highest BCUT2D eigenvalue weighted by atomic mass is 16.5. The molecule has 0 radical (unpaired) electrons. The summed E-state index contributed by atoms with van der Waals surface area (Å²) in [7, 11) is 0. The lowest BCUT2D eigenvalue weighted by molar-refractivity contribution is -0.114. The summed E-state index contributed by atoms with van der Waals surface area (Å²) in [6.45, 7) is 6.98. The molecule has 2 saturated heterocycles. The van der Waals surface area contributed by atoms with Gasteiger partial charge in [-0.15, -0.1) is 5.10 Å². The van der Waals surface area contributed by atoms with Crippen LogP contribution in [0.15, 0.2) is 30.5 Å². The minimum atomic E-state index is -0.199. The van der Waals surface area contributed by atoms with E-state index in [9.17, 15) is 9.59 Å². The lowest BCUT2D eigenvalue weighted by Crippen LogP contribution is -2.53. The van der Waals surface area contributed by atoms with Gasteiger partial charge < -0.3 is 15.0 Å². The number of rotatable bonds is 5. The van der Waals surface area contributed by atoms with Crippen LogP contribution < -0.4 is 10.1 Å². The molecule has 1 spiro atoms. The number of anilines is 1. The van der Waals surface area contributed by atoms with Crippen molar-refractivity contribution in [3.63, 3.8) is 0 Å². The standard InChI is InChI=1S/C28H39N5O3/c1-21-9-10-23(25(19-21)36-24-7-4-3-5-8-24)20-32-15-6-12-28(32)13-17-31(18-14-28)27(35)33-16-11-26(30-33)29-22(2)34/h9-11,16,19,24H,3-8,12-15,17-18,20H2,1-2H3,(H,29,30,34). The van der Waals surface area contributed by atoms with Gasteiger partial charge in [0.25, 0.3) is 0 Å². The van der Waals surface area contributed by atoms with Crippen LogP contribution in [-0.4, -0.2) is 62.8 Å². The summed E-state index contributed by atoms with van der Waals surface area (Å²) in [5, 5.41) is 6.85. The molecule has 1 N–H and O–H groups in total. The van der Waals surface area contributed by atoms with Crippen molar-refractivity contribution in [1.82, 2.24) is 19.6 Å². The van der Waals surface area contributed by atoms with Gasteiger partial charge in [-0.1, -0.05) is 18.6 Å². The molecule has 1 aromatic carbocycles. The fourth-order valence-corrected chi connectivity index (χ4v) is 6.21. The van der Waals surface area contributed by atoms with Crippen molar-refractivity contribution in [3.8, 4) is 5.75 Å². The number of hydrogen-bond donors (Lipinski definition) is 1.